The average molecular weight is 429 g/mol. The van der Waals surface area contributed by atoms with Crippen molar-refractivity contribution in [3.05, 3.63) is 76.3 Å². The molecule has 3 aromatic carbocycles. The SMILES string of the molecule is COc1ccc(-c2nc3ccccc3s2)cc1NC(=O)c1ccc(Cl)cc1Cl. The third kappa shape index (κ3) is 3.69. The Morgan fingerprint density at radius 1 is 1.07 bits per heavy atom. The Morgan fingerprint density at radius 2 is 1.89 bits per heavy atom. The van der Waals surface area contributed by atoms with Crippen molar-refractivity contribution in [3.63, 3.8) is 0 Å². The second-order valence-electron chi connectivity index (χ2n) is 5.98. The van der Waals surface area contributed by atoms with Crippen molar-refractivity contribution < 1.29 is 9.53 Å². The van der Waals surface area contributed by atoms with Crippen molar-refractivity contribution in [1.82, 2.24) is 4.98 Å². The number of hydrogen-bond acceptors (Lipinski definition) is 4. The number of benzene rings is 3. The summed E-state index contributed by atoms with van der Waals surface area (Å²) in [7, 11) is 1.55. The molecule has 28 heavy (non-hydrogen) atoms. The summed E-state index contributed by atoms with van der Waals surface area (Å²) in [5.41, 5.74) is 2.70. The number of aromatic nitrogens is 1. The summed E-state index contributed by atoms with van der Waals surface area (Å²) >= 11 is 13.7. The van der Waals surface area contributed by atoms with Gasteiger partial charge >= 0.3 is 0 Å². The summed E-state index contributed by atoms with van der Waals surface area (Å²) in [4.78, 5) is 17.4. The van der Waals surface area contributed by atoms with Crippen LogP contribution in [-0.4, -0.2) is 18.0 Å². The molecule has 0 spiro atoms. The van der Waals surface area contributed by atoms with Crippen LogP contribution in [0.4, 0.5) is 5.69 Å². The number of thiazole rings is 1. The number of carbonyl (C=O) groups excluding carboxylic acids is 1. The quantitative estimate of drug-likeness (QED) is 0.401. The Kier molecular flexibility index (Phi) is 5.22. The van der Waals surface area contributed by atoms with Crippen LogP contribution in [0.5, 0.6) is 5.75 Å². The molecule has 0 aliphatic heterocycles. The van der Waals surface area contributed by atoms with Crippen molar-refractivity contribution in [3.8, 4) is 16.3 Å². The maximum atomic E-state index is 12.7. The van der Waals surface area contributed by atoms with E-state index < -0.39 is 0 Å². The van der Waals surface area contributed by atoms with Gasteiger partial charge in [0.25, 0.3) is 5.91 Å². The minimum absolute atomic E-state index is 0.284. The Labute approximate surface area is 175 Å². The second-order valence-corrected chi connectivity index (χ2v) is 7.85. The molecule has 0 saturated heterocycles. The van der Waals surface area contributed by atoms with Gasteiger partial charge in [0, 0.05) is 10.6 Å². The number of anilines is 1. The van der Waals surface area contributed by atoms with Crippen molar-refractivity contribution in [2.24, 2.45) is 0 Å². The summed E-state index contributed by atoms with van der Waals surface area (Å²) in [5.74, 6) is 0.199. The number of methoxy groups -OCH3 is 1. The molecule has 7 heteroatoms. The molecular formula is C21H14Cl2N2O2S. The molecule has 0 aliphatic rings. The predicted molar refractivity (Wildman–Crippen MR) is 116 cm³/mol. The number of ether oxygens (including phenoxy) is 1. The van der Waals surface area contributed by atoms with Crippen LogP contribution in [0.25, 0.3) is 20.8 Å². The molecule has 0 fully saturated rings. The highest BCUT2D eigenvalue weighted by atomic mass is 35.5. The Hall–Kier alpha value is -2.60. The Morgan fingerprint density at radius 3 is 2.64 bits per heavy atom. The van der Waals surface area contributed by atoms with Crippen molar-refractivity contribution in [1.29, 1.82) is 0 Å². The van der Waals surface area contributed by atoms with Crippen LogP contribution in [0, 0.1) is 0 Å². The van der Waals surface area contributed by atoms with E-state index in [2.05, 4.69) is 10.3 Å². The number of nitrogens with zero attached hydrogens (tertiary/aromatic N) is 1. The van der Waals surface area contributed by atoms with Crippen LogP contribution in [0.1, 0.15) is 10.4 Å². The molecule has 4 nitrogen and oxygen atoms in total. The molecular weight excluding hydrogens is 415 g/mol. The smallest absolute Gasteiger partial charge is 0.257 e. The average Bonchev–Trinajstić information content (AvgIpc) is 3.12. The fraction of sp³-hybridized carbons (Fsp3) is 0.0476. The van der Waals surface area contributed by atoms with E-state index in [1.54, 1.807) is 36.6 Å². The van der Waals surface area contributed by atoms with Gasteiger partial charge in [-0.25, -0.2) is 4.98 Å². The highest BCUT2D eigenvalue weighted by molar-refractivity contribution is 7.21. The first kappa shape index (κ1) is 18.7. The third-order valence-corrected chi connectivity index (χ3v) is 5.80. The first-order chi connectivity index (χ1) is 13.5. The van der Waals surface area contributed by atoms with E-state index in [9.17, 15) is 4.79 Å². The highest BCUT2D eigenvalue weighted by Crippen LogP contribution is 2.35. The van der Waals surface area contributed by atoms with E-state index in [4.69, 9.17) is 27.9 Å². The first-order valence-corrected chi connectivity index (χ1v) is 9.93. The lowest BCUT2D eigenvalue weighted by atomic mass is 10.1. The van der Waals surface area contributed by atoms with Crippen LogP contribution in [0.3, 0.4) is 0 Å². The summed E-state index contributed by atoms with van der Waals surface area (Å²) < 4.78 is 6.50. The topological polar surface area (TPSA) is 51.2 Å². The lowest BCUT2D eigenvalue weighted by molar-refractivity contribution is 0.102. The zero-order chi connectivity index (χ0) is 19.7. The molecule has 0 bridgehead atoms. The van der Waals surface area contributed by atoms with Gasteiger partial charge in [0.05, 0.1) is 33.6 Å². The van der Waals surface area contributed by atoms with Gasteiger partial charge in [0.15, 0.2) is 0 Å². The molecule has 0 aliphatic carbocycles. The second kappa shape index (κ2) is 7.80. The molecule has 1 N–H and O–H groups in total. The normalized spacial score (nSPS) is 10.8. The van der Waals surface area contributed by atoms with Crippen molar-refractivity contribution >= 4 is 56.3 Å². The number of nitrogens with one attached hydrogen (secondary N) is 1. The summed E-state index contributed by atoms with van der Waals surface area (Å²) in [5, 5.41) is 4.49. The highest BCUT2D eigenvalue weighted by Gasteiger charge is 2.15. The molecule has 0 unspecified atom stereocenters. The number of carbonyl (C=O) groups is 1. The fourth-order valence-corrected chi connectivity index (χ4v) is 4.25. The molecule has 1 heterocycles. The van der Waals surface area contributed by atoms with Crippen LogP contribution < -0.4 is 10.1 Å². The van der Waals surface area contributed by atoms with Gasteiger partial charge in [-0.3, -0.25) is 4.79 Å². The maximum absolute atomic E-state index is 12.7. The van der Waals surface area contributed by atoms with Gasteiger partial charge in [-0.15, -0.1) is 11.3 Å². The molecule has 0 saturated carbocycles. The Balaban J connectivity index is 1.69. The largest absolute Gasteiger partial charge is 0.495 e. The van der Waals surface area contributed by atoms with Crippen LogP contribution >= 0.6 is 34.5 Å². The molecule has 1 aromatic heterocycles. The minimum atomic E-state index is -0.346. The van der Waals surface area contributed by atoms with E-state index in [0.29, 0.717) is 22.0 Å². The van der Waals surface area contributed by atoms with E-state index in [-0.39, 0.29) is 10.9 Å². The van der Waals surface area contributed by atoms with E-state index in [1.807, 2.05) is 36.4 Å². The van der Waals surface area contributed by atoms with Gasteiger partial charge in [-0.1, -0.05) is 35.3 Å². The molecule has 0 atom stereocenters. The van der Waals surface area contributed by atoms with Crippen molar-refractivity contribution in [2.75, 3.05) is 12.4 Å². The lowest BCUT2D eigenvalue weighted by Gasteiger charge is -2.12. The number of fused-ring (bicyclic) bond motifs is 1. The summed E-state index contributed by atoms with van der Waals surface area (Å²) in [6.07, 6.45) is 0. The van der Waals surface area contributed by atoms with Gasteiger partial charge in [-0.2, -0.15) is 0 Å². The maximum Gasteiger partial charge on any atom is 0.257 e. The molecule has 4 rings (SSSR count). The van der Waals surface area contributed by atoms with Gasteiger partial charge in [-0.05, 0) is 48.5 Å². The summed E-state index contributed by atoms with van der Waals surface area (Å²) in [6, 6.07) is 18.3. The van der Waals surface area contributed by atoms with E-state index in [0.717, 1.165) is 20.8 Å². The fourth-order valence-electron chi connectivity index (χ4n) is 2.80. The molecule has 1 amide bonds. The standard InChI is InChI=1S/C21H14Cl2N2O2S/c1-27-18-9-6-12(21-25-16-4-2-3-5-19(16)28-21)10-17(18)24-20(26)14-8-7-13(22)11-15(14)23/h2-11H,1H3,(H,24,26). The number of para-hydroxylation sites is 1. The molecule has 4 aromatic rings. The van der Waals surface area contributed by atoms with E-state index in [1.165, 1.54) is 6.07 Å². The molecule has 140 valence electrons. The Bertz CT molecular complexity index is 1160. The number of rotatable bonds is 4. The van der Waals surface area contributed by atoms with Gasteiger partial charge in [0.1, 0.15) is 10.8 Å². The number of amides is 1. The van der Waals surface area contributed by atoms with E-state index >= 15 is 0 Å². The number of hydrogen-bond donors (Lipinski definition) is 1. The predicted octanol–water partition coefficient (Wildman–Crippen LogP) is 6.53. The monoisotopic (exact) mass is 428 g/mol. The summed E-state index contributed by atoms with van der Waals surface area (Å²) in [6.45, 7) is 0. The van der Waals surface area contributed by atoms with Crippen LogP contribution in [0.15, 0.2) is 60.7 Å². The first-order valence-electron chi connectivity index (χ1n) is 8.35. The van der Waals surface area contributed by atoms with Gasteiger partial charge < -0.3 is 10.1 Å². The lowest BCUT2D eigenvalue weighted by Crippen LogP contribution is -2.13. The van der Waals surface area contributed by atoms with Crippen LogP contribution in [0.2, 0.25) is 10.0 Å². The third-order valence-electron chi connectivity index (χ3n) is 4.16. The minimum Gasteiger partial charge on any atom is -0.495 e. The zero-order valence-corrected chi connectivity index (χ0v) is 17.0. The molecule has 0 radical (unpaired) electrons. The van der Waals surface area contributed by atoms with Crippen molar-refractivity contribution in [2.45, 2.75) is 0 Å². The zero-order valence-electron chi connectivity index (χ0n) is 14.7. The number of halogens is 2. The van der Waals surface area contributed by atoms with Gasteiger partial charge in [0.2, 0.25) is 0 Å². The van der Waals surface area contributed by atoms with Crippen LogP contribution in [-0.2, 0) is 0 Å².